The molecule has 8 heteroatoms. The lowest BCUT2D eigenvalue weighted by molar-refractivity contribution is 0.0943. The standard InChI is InChI=1S/C32H36N6O2/c1-22(9-13-34-32(39)31-23(2)35-21-36-24(31)3)37-14-10-28(11-15-37)38(20-26-6-4-5-25(17-26)19-33)29-7-8-30-27(18-29)12-16-40-30/h4-8,12,16-18,21-22,28H,9-11,13-15,20H2,1-3H3,(H,34,39). The zero-order chi connectivity index (χ0) is 28.1. The minimum Gasteiger partial charge on any atom is -0.464 e. The third kappa shape index (κ3) is 6.16. The van der Waals surface area contributed by atoms with Gasteiger partial charge in [0.2, 0.25) is 0 Å². The molecule has 0 bridgehead atoms. The lowest BCUT2D eigenvalue weighted by atomic mass is 9.98. The Morgan fingerprint density at radius 1 is 1.15 bits per heavy atom. The van der Waals surface area contributed by atoms with Crippen molar-refractivity contribution in [3.63, 3.8) is 0 Å². The molecule has 1 unspecified atom stereocenters. The second-order valence-electron chi connectivity index (χ2n) is 10.7. The van der Waals surface area contributed by atoms with Gasteiger partial charge in [-0.15, -0.1) is 0 Å². The van der Waals surface area contributed by atoms with Crippen LogP contribution in [-0.4, -0.2) is 52.5 Å². The predicted molar refractivity (Wildman–Crippen MR) is 156 cm³/mol. The third-order valence-corrected chi connectivity index (χ3v) is 8.04. The average Bonchev–Trinajstić information content (AvgIpc) is 3.44. The Hall–Kier alpha value is -4.22. The molecule has 1 aliphatic rings. The summed E-state index contributed by atoms with van der Waals surface area (Å²) >= 11 is 0. The highest BCUT2D eigenvalue weighted by atomic mass is 16.3. The van der Waals surface area contributed by atoms with Crippen molar-refractivity contribution in [2.24, 2.45) is 0 Å². The number of fused-ring (bicyclic) bond motifs is 1. The van der Waals surface area contributed by atoms with E-state index in [1.807, 2.05) is 44.2 Å². The Balaban J connectivity index is 1.21. The Labute approximate surface area is 235 Å². The molecule has 1 fully saturated rings. The number of benzene rings is 2. The molecule has 0 saturated carbocycles. The normalized spacial score (nSPS) is 15.1. The number of carbonyl (C=O) groups is 1. The number of anilines is 1. The minimum atomic E-state index is -0.104. The van der Waals surface area contributed by atoms with E-state index in [0.29, 0.717) is 41.1 Å². The van der Waals surface area contributed by atoms with Crippen molar-refractivity contribution in [3.05, 3.63) is 89.2 Å². The fourth-order valence-electron chi connectivity index (χ4n) is 5.73. The monoisotopic (exact) mass is 536 g/mol. The Morgan fingerprint density at radius 2 is 1.93 bits per heavy atom. The van der Waals surface area contributed by atoms with Gasteiger partial charge in [-0.2, -0.15) is 5.26 Å². The molecule has 8 nitrogen and oxygen atoms in total. The molecule has 5 rings (SSSR count). The Bertz CT molecular complexity index is 1500. The number of rotatable bonds is 9. The number of aromatic nitrogens is 2. The van der Waals surface area contributed by atoms with E-state index in [1.54, 1.807) is 6.26 Å². The number of hydrogen-bond donors (Lipinski definition) is 1. The molecule has 1 aliphatic heterocycles. The van der Waals surface area contributed by atoms with Gasteiger partial charge in [-0.25, -0.2) is 9.97 Å². The predicted octanol–water partition coefficient (Wildman–Crippen LogP) is 5.39. The quantitative estimate of drug-likeness (QED) is 0.306. The van der Waals surface area contributed by atoms with Crippen LogP contribution in [0.2, 0.25) is 0 Å². The van der Waals surface area contributed by atoms with E-state index >= 15 is 0 Å². The number of nitrogens with one attached hydrogen (secondary N) is 1. The van der Waals surface area contributed by atoms with Crippen LogP contribution in [-0.2, 0) is 6.54 Å². The molecule has 2 aromatic heterocycles. The summed E-state index contributed by atoms with van der Waals surface area (Å²) in [7, 11) is 0. The summed E-state index contributed by atoms with van der Waals surface area (Å²) in [6.07, 6.45) is 6.18. The first-order valence-electron chi connectivity index (χ1n) is 14.0. The molecule has 0 aliphatic carbocycles. The summed E-state index contributed by atoms with van der Waals surface area (Å²) in [5, 5.41) is 13.6. The van der Waals surface area contributed by atoms with Crippen LogP contribution in [0.5, 0.6) is 0 Å². The molecule has 1 N–H and O–H groups in total. The van der Waals surface area contributed by atoms with Crippen LogP contribution < -0.4 is 10.2 Å². The third-order valence-electron chi connectivity index (χ3n) is 8.04. The SMILES string of the molecule is Cc1ncnc(C)c1C(=O)NCCC(C)N1CCC(N(Cc2cccc(C#N)c2)c2ccc3occc3c2)CC1. The lowest BCUT2D eigenvalue weighted by Crippen LogP contribution is -2.48. The Kier molecular flexibility index (Phi) is 8.42. The van der Waals surface area contributed by atoms with Crippen molar-refractivity contribution < 1.29 is 9.21 Å². The first-order chi connectivity index (χ1) is 19.4. The first-order valence-corrected chi connectivity index (χ1v) is 14.0. The molecule has 0 radical (unpaired) electrons. The largest absolute Gasteiger partial charge is 0.464 e. The average molecular weight is 537 g/mol. The van der Waals surface area contributed by atoms with Crippen molar-refractivity contribution in [2.45, 2.75) is 58.7 Å². The number of nitriles is 1. The van der Waals surface area contributed by atoms with E-state index in [9.17, 15) is 10.1 Å². The molecule has 40 heavy (non-hydrogen) atoms. The van der Waals surface area contributed by atoms with Gasteiger partial charge in [-0.05, 0) is 82.0 Å². The molecular weight excluding hydrogens is 500 g/mol. The van der Waals surface area contributed by atoms with Crippen LogP contribution in [0.25, 0.3) is 11.0 Å². The number of carbonyl (C=O) groups excluding carboxylic acids is 1. The first kappa shape index (κ1) is 27.4. The molecule has 1 amide bonds. The summed E-state index contributed by atoms with van der Waals surface area (Å²) in [5.74, 6) is -0.104. The van der Waals surface area contributed by atoms with E-state index in [-0.39, 0.29) is 5.91 Å². The topological polar surface area (TPSA) is 98.3 Å². The van der Waals surface area contributed by atoms with Gasteiger partial charge in [0.1, 0.15) is 11.9 Å². The number of likely N-dealkylation sites (tertiary alicyclic amines) is 1. The minimum absolute atomic E-state index is 0.104. The molecule has 1 saturated heterocycles. The fraction of sp³-hybridized carbons (Fsp3) is 0.375. The van der Waals surface area contributed by atoms with Crippen LogP contribution in [0.3, 0.4) is 0 Å². The zero-order valence-corrected chi connectivity index (χ0v) is 23.4. The van der Waals surface area contributed by atoms with E-state index < -0.39 is 0 Å². The van der Waals surface area contributed by atoms with Crippen LogP contribution in [0.4, 0.5) is 5.69 Å². The van der Waals surface area contributed by atoms with Crippen molar-refractivity contribution in [3.8, 4) is 6.07 Å². The van der Waals surface area contributed by atoms with Gasteiger partial charge in [-0.3, -0.25) is 4.79 Å². The van der Waals surface area contributed by atoms with Gasteiger partial charge < -0.3 is 19.5 Å². The van der Waals surface area contributed by atoms with E-state index in [4.69, 9.17) is 4.42 Å². The van der Waals surface area contributed by atoms with Gasteiger partial charge in [0.25, 0.3) is 5.91 Å². The molecule has 3 heterocycles. The maximum Gasteiger partial charge on any atom is 0.254 e. The molecule has 1 atom stereocenters. The van der Waals surface area contributed by atoms with E-state index in [0.717, 1.165) is 55.4 Å². The van der Waals surface area contributed by atoms with Crippen molar-refractivity contribution in [1.29, 1.82) is 5.26 Å². The maximum absolute atomic E-state index is 12.7. The second-order valence-corrected chi connectivity index (χ2v) is 10.7. The summed E-state index contributed by atoms with van der Waals surface area (Å²) in [4.78, 5) is 26.1. The molecular formula is C32H36N6O2. The summed E-state index contributed by atoms with van der Waals surface area (Å²) in [5.41, 5.74) is 5.85. The number of furan rings is 1. The summed E-state index contributed by atoms with van der Waals surface area (Å²) in [6, 6.07) is 19.3. The lowest BCUT2D eigenvalue weighted by Gasteiger charge is -2.42. The molecule has 0 spiro atoms. The van der Waals surface area contributed by atoms with Crippen LogP contribution in [0, 0.1) is 25.2 Å². The van der Waals surface area contributed by atoms with Crippen molar-refractivity contribution >= 4 is 22.6 Å². The highest BCUT2D eigenvalue weighted by molar-refractivity contribution is 5.96. The smallest absolute Gasteiger partial charge is 0.254 e. The van der Waals surface area contributed by atoms with E-state index in [1.165, 1.54) is 12.0 Å². The number of piperidine rings is 1. The highest BCUT2D eigenvalue weighted by Gasteiger charge is 2.28. The second kappa shape index (κ2) is 12.3. The maximum atomic E-state index is 12.7. The molecule has 206 valence electrons. The zero-order valence-electron chi connectivity index (χ0n) is 23.4. The Morgan fingerprint density at radius 3 is 2.67 bits per heavy atom. The molecule has 4 aromatic rings. The summed E-state index contributed by atoms with van der Waals surface area (Å²) < 4.78 is 5.58. The van der Waals surface area contributed by atoms with Gasteiger partial charge in [0.05, 0.1) is 34.8 Å². The number of nitrogens with zero attached hydrogens (tertiary/aromatic N) is 5. The van der Waals surface area contributed by atoms with Gasteiger partial charge in [0, 0.05) is 49.3 Å². The van der Waals surface area contributed by atoms with Gasteiger partial charge in [0.15, 0.2) is 0 Å². The van der Waals surface area contributed by atoms with Gasteiger partial charge >= 0.3 is 0 Å². The number of aryl methyl sites for hydroxylation is 2. The summed E-state index contributed by atoms with van der Waals surface area (Å²) in [6.45, 7) is 9.26. The highest BCUT2D eigenvalue weighted by Crippen LogP contribution is 2.30. The van der Waals surface area contributed by atoms with Gasteiger partial charge in [-0.1, -0.05) is 12.1 Å². The van der Waals surface area contributed by atoms with Crippen molar-refractivity contribution in [2.75, 3.05) is 24.5 Å². The number of hydrogen-bond acceptors (Lipinski definition) is 7. The van der Waals surface area contributed by atoms with Crippen molar-refractivity contribution in [1.82, 2.24) is 20.2 Å². The van der Waals surface area contributed by atoms with Crippen LogP contribution in [0.15, 0.2) is 65.5 Å². The van der Waals surface area contributed by atoms with E-state index in [2.05, 4.69) is 56.3 Å². The molecule has 2 aromatic carbocycles. The van der Waals surface area contributed by atoms with Crippen LogP contribution in [0.1, 0.15) is 59.1 Å². The van der Waals surface area contributed by atoms with Crippen LogP contribution >= 0.6 is 0 Å². The number of amides is 1. The fourth-order valence-corrected chi connectivity index (χ4v) is 5.73.